The second-order valence-corrected chi connectivity index (χ2v) is 5.43. The summed E-state index contributed by atoms with van der Waals surface area (Å²) in [4.78, 5) is 0. The molecule has 0 aromatic carbocycles. The maximum Gasteiger partial charge on any atom is 0.0466 e. The van der Waals surface area contributed by atoms with E-state index in [-0.39, 0.29) is 0 Å². The molecule has 0 amide bonds. The predicted molar refractivity (Wildman–Crippen MR) is 80.5 cm³/mol. The Morgan fingerprint density at radius 3 is 1.61 bits per heavy atom. The van der Waals surface area contributed by atoms with Gasteiger partial charge in [-0.25, -0.2) is 0 Å². The Morgan fingerprint density at radius 1 is 0.778 bits per heavy atom. The molecular weight excluding hydrogens is 222 g/mol. The molecule has 0 fully saturated rings. The van der Waals surface area contributed by atoms with Gasteiger partial charge in [-0.15, -0.1) is 5.16 Å². The highest BCUT2D eigenvalue weighted by Gasteiger charge is 2.05. The topological polar surface area (TPSA) is 32.6 Å². The molecule has 0 bridgehead atoms. The van der Waals surface area contributed by atoms with E-state index in [9.17, 15) is 0 Å². The third-order valence-corrected chi connectivity index (χ3v) is 3.63. The van der Waals surface area contributed by atoms with Gasteiger partial charge >= 0.3 is 0 Å². The molecule has 0 aliphatic heterocycles. The summed E-state index contributed by atoms with van der Waals surface area (Å²) in [6, 6.07) is 0. The van der Waals surface area contributed by atoms with Crippen LogP contribution in [0.2, 0.25) is 0 Å². The molecule has 0 spiro atoms. The number of hydrogen-bond donors (Lipinski definition) is 1. The fraction of sp³-hybridized carbons (Fsp3) is 0.938. The van der Waals surface area contributed by atoms with Crippen LogP contribution >= 0.6 is 0 Å². The van der Waals surface area contributed by atoms with Gasteiger partial charge in [0.2, 0.25) is 0 Å². The van der Waals surface area contributed by atoms with Crippen molar-refractivity contribution in [2.45, 2.75) is 90.9 Å². The van der Waals surface area contributed by atoms with E-state index < -0.39 is 0 Å². The Morgan fingerprint density at radius 2 is 1.22 bits per heavy atom. The van der Waals surface area contributed by atoms with E-state index in [0.29, 0.717) is 5.92 Å². The molecule has 0 rings (SSSR count). The molecule has 0 aliphatic carbocycles. The Hall–Kier alpha value is -0.530. The van der Waals surface area contributed by atoms with Crippen LogP contribution in [0.4, 0.5) is 0 Å². The summed E-state index contributed by atoms with van der Waals surface area (Å²) in [6.07, 6.45) is 17.4. The van der Waals surface area contributed by atoms with Crippen molar-refractivity contribution < 1.29 is 5.21 Å². The van der Waals surface area contributed by atoms with E-state index >= 15 is 0 Å². The molecule has 0 aliphatic rings. The fourth-order valence-corrected chi connectivity index (χ4v) is 2.41. The van der Waals surface area contributed by atoms with Gasteiger partial charge in [-0.2, -0.15) is 0 Å². The van der Waals surface area contributed by atoms with Gasteiger partial charge in [-0.3, -0.25) is 0 Å². The zero-order chi connectivity index (χ0) is 13.5. The highest BCUT2D eigenvalue weighted by atomic mass is 16.4. The van der Waals surface area contributed by atoms with E-state index in [2.05, 4.69) is 19.0 Å². The van der Waals surface area contributed by atoms with Crippen LogP contribution in [0.15, 0.2) is 5.16 Å². The SMILES string of the molecule is CCCCCCCC(/C=N/O)CCCCCCC. The lowest BCUT2D eigenvalue weighted by Crippen LogP contribution is -2.02. The summed E-state index contributed by atoms with van der Waals surface area (Å²) < 4.78 is 0. The maximum atomic E-state index is 8.69. The minimum absolute atomic E-state index is 0.498. The average Bonchev–Trinajstić information content (AvgIpc) is 2.38. The summed E-state index contributed by atoms with van der Waals surface area (Å²) >= 11 is 0. The van der Waals surface area contributed by atoms with Crippen LogP contribution in [0.5, 0.6) is 0 Å². The third-order valence-electron chi connectivity index (χ3n) is 3.63. The molecule has 0 saturated carbocycles. The van der Waals surface area contributed by atoms with Crippen LogP contribution in [0.1, 0.15) is 90.9 Å². The zero-order valence-electron chi connectivity index (χ0n) is 12.5. The van der Waals surface area contributed by atoms with E-state index in [1.165, 1.54) is 77.0 Å². The summed E-state index contributed by atoms with van der Waals surface area (Å²) in [5, 5.41) is 11.9. The highest BCUT2D eigenvalue weighted by molar-refractivity contribution is 5.59. The first-order valence-corrected chi connectivity index (χ1v) is 8.02. The Kier molecular flexibility index (Phi) is 14.1. The van der Waals surface area contributed by atoms with Crippen molar-refractivity contribution in [3.63, 3.8) is 0 Å². The van der Waals surface area contributed by atoms with Gasteiger partial charge in [0, 0.05) is 6.21 Å². The first-order chi connectivity index (χ1) is 8.85. The number of oxime groups is 1. The van der Waals surface area contributed by atoms with Crippen LogP contribution in [0.3, 0.4) is 0 Å². The second kappa shape index (κ2) is 14.5. The molecular formula is C16H33NO. The summed E-state index contributed by atoms with van der Waals surface area (Å²) in [7, 11) is 0. The quantitative estimate of drug-likeness (QED) is 0.192. The van der Waals surface area contributed by atoms with E-state index in [0.717, 1.165) is 0 Å². The van der Waals surface area contributed by atoms with Gasteiger partial charge < -0.3 is 5.21 Å². The van der Waals surface area contributed by atoms with Crippen molar-refractivity contribution in [2.75, 3.05) is 0 Å². The van der Waals surface area contributed by atoms with E-state index in [1.54, 1.807) is 6.21 Å². The number of nitrogens with zero attached hydrogens (tertiary/aromatic N) is 1. The van der Waals surface area contributed by atoms with Gasteiger partial charge in [0.25, 0.3) is 0 Å². The number of rotatable bonds is 13. The molecule has 0 heterocycles. The van der Waals surface area contributed by atoms with Crippen LogP contribution in [0, 0.1) is 5.92 Å². The van der Waals surface area contributed by atoms with Gasteiger partial charge in [-0.05, 0) is 18.8 Å². The first-order valence-electron chi connectivity index (χ1n) is 8.02. The molecule has 1 N–H and O–H groups in total. The highest BCUT2D eigenvalue weighted by Crippen LogP contribution is 2.17. The molecule has 2 nitrogen and oxygen atoms in total. The number of unbranched alkanes of at least 4 members (excludes halogenated alkanes) is 8. The van der Waals surface area contributed by atoms with E-state index in [4.69, 9.17) is 5.21 Å². The Bertz CT molecular complexity index is 166. The second-order valence-electron chi connectivity index (χ2n) is 5.43. The fourth-order valence-electron chi connectivity index (χ4n) is 2.41. The van der Waals surface area contributed by atoms with Crippen molar-refractivity contribution in [1.82, 2.24) is 0 Å². The normalized spacial score (nSPS) is 11.7. The van der Waals surface area contributed by atoms with E-state index in [1.807, 2.05) is 0 Å². The largest absolute Gasteiger partial charge is 0.411 e. The molecule has 18 heavy (non-hydrogen) atoms. The lowest BCUT2D eigenvalue weighted by atomic mass is 9.95. The average molecular weight is 255 g/mol. The minimum atomic E-state index is 0.498. The molecule has 0 saturated heterocycles. The molecule has 108 valence electrons. The van der Waals surface area contributed by atoms with Crippen LogP contribution in [-0.2, 0) is 0 Å². The smallest absolute Gasteiger partial charge is 0.0466 e. The lowest BCUT2D eigenvalue weighted by Gasteiger charge is -2.11. The van der Waals surface area contributed by atoms with Crippen LogP contribution in [0.25, 0.3) is 0 Å². The predicted octanol–water partition coefficient (Wildman–Crippen LogP) is 5.78. The number of hydrogen-bond acceptors (Lipinski definition) is 2. The Balaban J connectivity index is 3.52. The Labute approximate surface area is 114 Å². The van der Waals surface area contributed by atoms with Crippen LogP contribution in [-0.4, -0.2) is 11.4 Å². The molecule has 0 atom stereocenters. The van der Waals surface area contributed by atoms with Crippen molar-refractivity contribution in [2.24, 2.45) is 11.1 Å². The van der Waals surface area contributed by atoms with Gasteiger partial charge in [0.15, 0.2) is 0 Å². The summed E-state index contributed by atoms with van der Waals surface area (Å²) in [5.74, 6) is 0.498. The van der Waals surface area contributed by atoms with Gasteiger partial charge in [0.05, 0.1) is 0 Å². The molecule has 0 unspecified atom stereocenters. The minimum Gasteiger partial charge on any atom is -0.411 e. The van der Waals surface area contributed by atoms with Crippen molar-refractivity contribution in [3.05, 3.63) is 0 Å². The van der Waals surface area contributed by atoms with Crippen LogP contribution < -0.4 is 0 Å². The maximum absolute atomic E-state index is 8.69. The summed E-state index contributed by atoms with van der Waals surface area (Å²) in [6.45, 7) is 4.50. The lowest BCUT2D eigenvalue weighted by molar-refractivity contribution is 0.316. The van der Waals surface area contributed by atoms with Crippen molar-refractivity contribution in [3.8, 4) is 0 Å². The zero-order valence-corrected chi connectivity index (χ0v) is 12.5. The standard InChI is InChI=1S/C16H33NO/c1-3-5-7-9-11-13-16(15-17-18)14-12-10-8-6-4-2/h15-16,18H,3-14H2,1-2H3/b17-15+. The molecule has 0 aromatic rings. The monoisotopic (exact) mass is 255 g/mol. The summed E-state index contributed by atoms with van der Waals surface area (Å²) in [5.41, 5.74) is 0. The van der Waals surface area contributed by atoms with Crippen molar-refractivity contribution >= 4 is 6.21 Å². The molecule has 0 aromatic heterocycles. The first kappa shape index (κ1) is 17.5. The molecule has 2 heteroatoms. The van der Waals surface area contributed by atoms with Gasteiger partial charge in [0.1, 0.15) is 0 Å². The van der Waals surface area contributed by atoms with Crippen molar-refractivity contribution in [1.29, 1.82) is 0 Å². The third kappa shape index (κ3) is 11.9. The molecule has 0 radical (unpaired) electrons. The van der Waals surface area contributed by atoms with Gasteiger partial charge in [-0.1, -0.05) is 78.1 Å².